The molecule has 0 spiro atoms. The van der Waals surface area contributed by atoms with Crippen LogP contribution < -0.4 is 9.46 Å². The Morgan fingerprint density at radius 3 is 2.62 bits per heavy atom. The van der Waals surface area contributed by atoms with Crippen molar-refractivity contribution >= 4 is 21.8 Å². The van der Waals surface area contributed by atoms with Gasteiger partial charge in [-0.2, -0.15) is 0 Å². The Labute approximate surface area is 124 Å². The van der Waals surface area contributed by atoms with Gasteiger partial charge in [0.2, 0.25) is 10.0 Å². The minimum absolute atomic E-state index is 0.462. The molecule has 0 radical (unpaired) electrons. The van der Waals surface area contributed by atoms with E-state index in [4.69, 9.17) is 4.74 Å². The van der Waals surface area contributed by atoms with E-state index in [0.29, 0.717) is 17.2 Å². The molecule has 0 saturated heterocycles. The number of hydrogen-bond donors (Lipinski definition) is 1. The van der Waals surface area contributed by atoms with Crippen LogP contribution in [-0.4, -0.2) is 14.7 Å². The van der Waals surface area contributed by atoms with Gasteiger partial charge in [-0.1, -0.05) is 30.4 Å². The van der Waals surface area contributed by atoms with Crippen molar-refractivity contribution in [1.82, 2.24) is 0 Å². The summed E-state index contributed by atoms with van der Waals surface area (Å²) in [6.45, 7) is 0. The Hall–Kier alpha value is -2.27. The molecule has 0 saturated carbocycles. The van der Waals surface area contributed by atoms with Gasteiger partial charge in [0.1, 0.15) is 5.75 Å². The standard InChI is InChI=1S/C16H15NO3S/c1-21(18,19)17-15-10-12-6-5-7-13(12)11-16(15)20-14-8-3-2-4-9-14/h2-5,7-11,17H,6H2,1H3. The number of ether oxygens (including phenoxy) is 1. The van der Waals surface area contributed by atoms with Gasteiger partial charge in [0, 0.05) is 0 Å². The minimum Gasteiger partial charge on any atom is -0.455 e. The molecule has 2 aromatic rings. The third-order valence-electron chi connectivity index (χ3n) is 3.14. The molecule has 1 aliphatic rings. The molecule has 0 atom stereocenters. The van der Waals surface area contributed by atoms with Gasteiger partial charge in [0.15, 0.2) is 5.75 Å². The normalized spacial score (nSPS) is 13.0. The molecule has 0 heterocycles. The maximum atomic E-state index is 11.5. The summed E-state index contributed by atoms with van der Waals surface area (Å²) < 4.78 is 31.4. The van der Waals surface area contributed by atoms with Crippen LogP contribution in [0.25, 0.3) is 6.08 Å². The van der Waals surface area contributed by atoms with Crippen LogP contribution >= 0.6 is 0 Å². The van der Waals surface area contributed by atoms with Gasteiger partial charge in [-0.3, -0.25) is 4.72 Å². The Kier molecular flexibility index (Phi) is 3.43. The molecule has 0 aliphatic heterocycles. The molecular weight excluding hydrogens is 286 g/mol. The van der Waals surface area contributed by atoms with E-state index in [1.54, 1.807) is 0 Å². The van der Waals surface area contributed by atoms with E-state index in [1.807, 2.05) is 54.6 Å². The third kappa shape index (κ3) is 3.25. The molecule has 0 amide bonds. The van der Waals surface area contributed by atoms with Crippen LogP contribution in [0.1, 0.15) is 11.1 Å². The zero-order valence-electron chi connectivity index (χ0n) is 11.5. The maximum absolute atomic E-state index is 11.5. The van der Waals surface area contributed by atoms with Crippen molar-refractivity contribution in [2.75, 3.05) is 11.0 Å². The molecule has 21 heavy (non-hydrogen) atoms. The van der Waals surface area contributed by atoms with E-state index < -0.39 is 10.0 Å². The van der Waals surface area contributed by atoms with Crippen LogP contribution in [0.15, 0.2) is 48.5 Å². The van der Waals surface area contributed by atoms with Crippen molar-refractivity contribution in [1.29, 1.82) is 0 Å². The fourth-order valence-corrected chi connectivity index (χ4v) is 2.82. The lowest BCUT2D eigenvalue weighted by Crippen LogP contribution is -2.11. The predicted molar refractivity (Wildman–Crippen MR) is 84.2 cm³/mol. The molecule has 4 nitrogen and oxygen atoms in total. The van der Waals surface area contributed by atoms with Crippen molar-refractivity contribution in [3.8, 4) is 11.5 Å². The lowest BCUT2D eigenvalue weighted by Gasteiger charge is -2.14. The van der Waals surface area contributed by atoms with E-state index in [-0.39, 0.29) is 0 Å². The topological polar surface area (TPSA) is 55.4 Å². The summed E-state index contributed by atoms with van der Waals surface area (Å²) in [5.74, 6) is 1.16. The highest BCUT2D eigenvalue weighted by Gasteiger charge is 2.15. The highest BCUT2D eigenvalue weighted by Crippen LogP contribution is 2.35. The Morgan fingerprint density at radius 2 is 1.90 bits per heavy atom. The summed E-state index contributed by atoms with van der Waals surface area (Å²) in [4.78, 5) is 0. The molecule has 0 unspecified atom stereocenters. The first kappa shape index (κ1) is 13.7. The molecule has 108 valence electrons. The Bertz CT molecular complexity index is 796. The quantitative estimate of drug-likeness (QED) is 0.941. The molecule has 0 fully saturated rings. The molecule has 0 aromatic heterocycles. The molecular formula is C16H15NO3S. The zero-order chi connectivity index (χ0) is 14.9. The molecule has 1 N–H and O–H groups in total. The van der Waals surface area contributed by atoms with Crippen LogP contribution in [0.4, 0.5) is 5.69 Å². The fraction of sp³-hybridized carbons (Fsp3) is 0.125. The average molecular weight is 301 g/mol. The summed E-state index contributed by atoms with van der Waals surface area (Å²) in [7, 11) is -3.36. The second-order valence-corrected chi connectivity index (χ2v) is 6.69. The Morgan fingerprint density at radius 1 is 1.14 bits per heavy atom. The highest BCUT2D eigenvalue weighted by molar-refractivity contribution is 7.92. The second-order valence-electron chi connectivity index (χ2n) is 4.94. The van der Waals surface area contributed by atoms with Gasteiger partial charge in [-0.25, -0.2) is 8.42 Å². The maximum Gasteiger partial charge on any atom is 0.229 e. The molecule has 1 aliphatic carbocycles. The van der Waals surface area contributed by atoms with Crippen LogP contribution in [0.3, 0.4) is 0 Å². The van der Waals surface area contributed by atoms with Crippen molar-refractivity contribution in [2.24, 2.45) is 0 Å². The number of nitrogens with one attached hydrogen (secondary N) is 1. The number of hydrogen-bond acceptors (Lipinski definition) is 3. The van der Waals surface area contributed by atoms with Crippen LogP contribution in [0.5, 0.6) is 11.5 Å². The molecule has 0 bridgehead atoms. The highest BCUT2D eigenvalue weighted by atomic mass is 32.2. The van der Waals surface area contributed by atoms with Gasteiger partial charge in [-0.15, -0.1) is 0 Å². The SMILES string of the molecule is CS(=O)(=O)Nc1cc2c(cc1Oc1ccccc1)C=CC2. The first-order valence-electron chi connectivity index (χ1n) is 6.55. The van der Waals surface area contributed by atoms with Crippen molar-refractivity contribution in [3.05, 3.63) is 59.7 Å². The zero-order valence-corrected chi connectivity index (χ0v) is 12.4. The average Bonchev–Trinajstić information content (AvgIpc) is 2.85. The molecule has 3 rings (SSSR count). The summed E-state index contributed by atoms with van der Waals surface area (Å²) in [6, 6.07) is 13.0. The number of allylic oxidation sites excluding steroid dienone is 1. The summed E-state index contributed by atoms with van der Waals surface area (Å²) >= 11 is 0. The van der Waals surface area contributed by atoms with Crippen molar-refractivity contribution in [2.45, 2.75) is 6.42 Å². The van der Waals surface area contributed by atoms with Crippen LogP contribution in [-0.2, 0) is 16.4 Å². The van der Waals surface area contributed by atoms with Crippen molar-refractivity contribution < 1.29 is 13.2 Å². The van der Waals surface area contributed by atoms with Crippen molar-refractivity contribution in [3.63, 3.8) is 0 Å². The smallest absolute Gasteiger partial charge is 0.229 e. The lowest BCUT2D eigenvalue weighted by atomic mass is 10.1. The van der Waals surface area contributed by atoms with Gasteiger partial charge in [-0.05, 0) is 41.8 Å². The number of para-hydroxylation sites is 1. The number of benzene rings is 2. The van der Waals surface area contributed by atoms with E-state index in [0.717, 1.165) is 23.8 Å². The van der Waals surface area contributed by atoms with Crippen LogP contribution in [0, 0.1) is 0 Å². The van der Waals surface area contributed by atoms with Gasteiger partial charge < -0.3 is 4.74 Å². The second kappa shape index (κ2) is 5.26. The van der Waals surface area contributed by atoms with Gasteiger partial charge in [0.25, 0.3) is 0 Å². The third-order valence-corrected chi connectivity index (χ3v) is 3.73. The van der Waals surface area contributed by atoms with Gasteiger partial charge >= 0.3 is 0 Å². The number of sulfonamides is 1. The summed E-state index contributed by atoms with van der Waals surface area (Å²) in [6.07, 6.45) is 5.99. The first-order valence-corrected chi connectivity index (χ1v) is 8.44. The largest absolute Gasteiger partial charge is 0.455 e. The van der Waals surface area contributed by atoms with E-state index in [9.17, 15) is 8.42 Å². The Balaban J connectivity index is 2.02. The molecule has 5 heteroatoms. The lowest BCUT2D eigenvalue weighted by molar-refractivity contribution is 0.484. The van der Waals surface area contributed by atoms with Crippen LogP contribution in [0.2, 0.25) is 0 Å². The summed E-state index contributed by atoms with van der Waals surface area (Å²) in [5, 5.41) is 0. The first-order chi connectivity index (χ1) is 10.0. The number of rotatable bonds is 4. The number of anilines is 1. The van der Waals surface area contributed by atoms with E-state index in [2.05, 4.69) is 4.72 Å². The van der Waals surface area contributed by atoms with E-state index >= 15 is 0 Å². The minimum atomic E-state index is -3.36. The van der Waals surface area contributed by atoms with E-state index in [1.165, 1.54) is 0 Å². The van der Waals surface area contributed by atoms with Gasteiger partial charge in [0.05, 0.1) is 11.9 Å². The number of fused-ring (bicyclic) bond motifs is 1. The fourth-order valence-electron chi connectivity index (χ4n) is 2.26. The molecule has 2 aromatic carbocycles. The predicted octanol–water partition coefficient (Wildman–Crippen LogP) is 3.42. The monoisotopic (exact) mass is 301 g/mol. The summed E-state index contributed by atoms with van der Waals surface area (Å²) in [5.41, 5.74) is 2.60.